The Labute approximate surface area is 84.4 Å². The lowest BCUT2D eigenvalue weighted by atomic mass is 9.83. The molecule has 1 rings (SSSR count). The number of nitrogens with zero attached hydrogens (tertiary/aromatic N) is 1. The number of hydrogen-bond acceptors (Lipinski definition) is 4. The van der Waals surface area contributed by atoms with Gasteiger partial charge < -0.3 is 14.6 Å². The molecule has 1 aliphatic rings. The molecule has 1 aliphatic carbocycles. The number of rotatable bonds is 4. The SMILES string of the molecule is CC[C@@]1(C#N)C[C@@H](O)C[C@@H]1OCOC. The molecule has 1 N–H and O–H groups in total. The molecule has 3 atom stereocenters. The van der Waals surface area contributed by atoms with E-state index in [-0.39, 0.29) is 12.9 Å². The maximum Gasteiger partial charge on any atom is 0.146 e. The summed E-state index contributed by atoms with van der Waals surface area (Å²) in [5, 5.41) is 18.6. The molecule has 1 saturated carbocycles. The van der Waals surface area contributed by atoms with Gasteiger partial charge in [-0.3, -0.25) is 0 Å². The highest BCUT2D eigenvalue weighted by Gasteiger charge is 2.47. The molecule has 0 amide bonds. The van der Waals surface area contributed by atoms with E-state index >= 15 is 0 Å². The standard InChI is InChI=1S/C10H17NO3/c1-3-10(6-11)5-8(12)4-9(10)14-7-13-2/h8-9,12H,3-5,7H2,1-2H3/t8-,9-,10-/m0/s1. The van der Waals surface area contributed by atoms with E-state index in [1.807, 2.05) is 6.92 Å². The second-order valence-corrected chi connectivity index (χ2v) is 3.78. The van der Waals surface area contributed by atoms with E-state index in [1.54, 1.807) is 7.11 Å². The van der Waals surface area contributed by atoms with Crippen molar-refractivity contribution in [1.82, 2.24) is 0 Å². The number of aliphatic hydroxyl groups is 1. The van der Waals surface area contributed by atoms with Crippen molar-refractivity contribution in [3.63, 3.8) is 0 Å². The average molecular weight is 199 g/mol. The van der Waals surface area contributed by atoms with Crippen LogP contribution < -0.4 is 0 Å². The van der Waals surface area contributed by atoms with Gasteiger partial charge in [0.05, 0.1) is 23.7 Å². The normalized spacial score (nSPS) is 37.0. The van der Waals surface area contributed by atoms with Gasteiger partial charge in [-0.1, -0.05) is 6.92 Å². The van der Waals surface area contributed by atoms with Crippen LogP contribution in [0.25, 0.3) is 0 Å². The number of hydrogen-bond donors (Lipinski definition) is 1. The molecule has 80 valence electrons. The first-order valence-corrected chi connectivity index (χ1v) is 4.88. The second kappa shape index (κ2) is 4.74. The van der Waals surface area contributed by atoms with Crippen LogP contribution in [0.15, 0.2) is 0 Å². The fraction of sp³-hybridized carbons (Fsp3) is 0.900. The zero-order valence-corrected chi connectivity index (χ0v) is 8.69. The molecule has 14 heavy (non-hydrogen) atoms. The van der Waals surface area contributed by atoms with Crippen LogP contribution in [0.4, 0.5) is 0 Å². The highest BCUT2D eigenvalue weighted by Crippen LogP contribution is 2.42. The molecule has 0 aromatic heterocycles. The van der Waals surface area contributed by atoms with Crippen LogP contribution in [-0.2, 0) is 9.47 Å². The van der Waals surface area contributed by atoms with Crippen LogP contribution in [0, 0.1) is 16.7 Å². The van der Waals surface area contributed by atoms with Gasteiger partial charge in [0.15, 0.2) is 0 Å². The Morgan fingerprint density at radius 1 is 1.64 bits per heavy atom. The van der Waals surface area contributed by atoms with Gasteiger partial charge in [0.2, 0.25) is 0 Å². The lowest BCUT2D eigenvalue weighted by Gasteiger charge is -2.26. The first kappa shape index (κ1) is 11.4. The van der Waals surface area contributed by atoms with Crippen LogP contribution >= 0.6 is 0 Å². The summed E-state index contributed by atoms with van der Waals surface area (Å²) >= 11 is 0. The highest BCUT2D eigenvalue weighted by atomic mass is 16.7. The molecule has 0 aromatic carbocycles. The molecule has 0 unspecified atom stereocenters. The number of nitriles is 1. The van der Waals surface area contributed by atoms with Gasteiger partial charge in [-0.25, -0.2) is 0 Å². The summed E-state index contributed by atoms with van der Waals surface area (Å²) in [6, 6.07) is 2.28. The van der Waals surface area contributed by atoms with Gasteiger partial charge in [0, 0.05) is 13.5 Å². The quantitative estimate of drug-likeness (QED) is 0.687. The van der Waals surface area contributed by atoms with Gasteiger partial charge in [-0.2, -0.15) is 5.26 Å². The molecule has 0 radical (unpaired) electrons. The minimum atomic E-state index is -0.530. The molecule has 0 spiro atoms. The van der Waals surface area contributed by atoms with Gasteiger partial charge in [-0.05, 0) is 12.8 Å². The van der Waals surface area contributed by atoms with Gasteiger partial charge in [0.25, 0.3) is 0 Å². The molecule has 0 saturated heterocycles. The van der Waals surface area contributed by atoms with Gasteiger partial charge in [-0.15, -0.1) is 0 Å². The van der Waals surface area contributed by atoms with Crippen molar-refractivity contribution in [3.8, 4) is 6.07 Å². The van der Waals surface area contributed by atoms with Crippen molar-refractivity contribution in [2.45, 2.75) is 38.4 Å². The van der Waals surface area contributed by atoms with E-state index in [0.717, 1.165) is 0 Å². The minimum absolute atomic E-state index is 0.181. The predicted octanol–water partition coefficient (Wildman–Crippen LogP) is 1.05. The Bertz CT molecular complexity index is 226. The summed E-state index contributed by atoms with van der Waals surface area (Å²) in [7, 11) is 1.55. The maximum atomic E-state index is 9.52. The lowest BCUT2D eigenvalue weighted by Crippen LogP contribution is -2.30. The smallest absolute Gasteiger partial charge is 0.146 e. The zero-order valence-electron chi connectivity index (χ0n) is 8.69. The summed E-state index contributed by atoms with van der Waals surface area (Å²) in [4.78, 5) is 0. The van der Waals surface area contributed by atoms with Crippen LogP contribution in [0.3, 0.4) is 0 Å². The third-order valence-corrected chi connectivity index (χ3v) is 2.94. The van der Waals surface area contributed by atoms with Crippen LogP contribution in [0.2, 0.25) is 0 Å². The molecule has 0 aromatic rings. The van der Waals surface area contributed by atoms with E-state index in [4.69, 9.17) is 14.7 Å². The van der Waals surface area contributed by atoms with Crippen molar-refractivity contribution < 1.29 is 14.6 Å². The van der Waals surface area contributed by atoms with Gasteiger partial charge >= 0.3 is 0 Å². The Balaban J connectivity index is 2.66. The molecule has 0 bridgehead atoms. The molecular formula is C10H17NO3. The topological polar surface area (TPSA) is 62.5 Å². The monoisotopic (exact) mass is 199 g/mol. The third kappa shape index (κ3) is 2.06. The summed E-state index contributed by atoms with van der Waals surface area (Å²) in [6.45, 7) is 2.13. The van der Waals surface area contributed by atoms with E-state index < -0.39 is 11.5 Å². The molecule has 0 heterocycles. The first-order valence-electron chi connectivity index (χ1n) is 4.88. The Kier molecular flexibility index (Phi) is 3.87. The van der Waals surface area contributed by atoms with Crippen LogP contribution in [0.1, 0.15) is 26.2 Å². The molecule has 4 nitrogen and oxygen atoms in total. The van der Waals surface area contributed by atoms with Crippen molar-refractivity contribution >= 4 is 0 Å². The molecule has 4 heteroatoms. The minimum Gasteiger partial charge on any atom is -0.393 e. The van der Waals surface area contributed by atoms with E-state index in [9.17, 15) is 5.11 Å². The van der Waals surface area contributed by atoms with Crippen molar-refractivity contribution in [3.05, 3.63) is 0 Å². The Morgan fingerprint density at radius 3 is 2.86 bits per heavy atom. The average Bonchev–Trinajstić information content (AvgIpc) is 2.52. The van der Waals surface area contributed by atoms with Crippen molar-refractivity contribution in [2.24, 2.45) is 5.41 Å². The predicted molar refractivity (Wildman–Crippen MR) is 50.3 cm³/mol. The third-order valence-electron chi connectivity index (χ3n) is 2.94. The lowest BCUT2D eigenvalue weighted by molar-refractivity contribution is -0.0974. The van der Waals surface area contributed by atoms with Crippen molar-refractivity contribution in [2.75, 3.05) is 13.9 Å². The Hall–Kier alpha value is -0.630. The second-order valence-electron chi connectivity index (χ2n) is 3.78. The maximum absolute atomic E-state index is 9.52. The molecule has 0 aliphatic heterocycles. The fourth-order valence-corrected chi connectivity index (χ4v) is 2.05. The highest BCUT2D eigenvalue weighted by molar-refractivity contribution is 5.09. The zero-order chi connectivity index (χ0) is 10.6. The van der Waals surface area contributed by atoms with Crippen LogP contribution in [-0.4, -0.2) is 31.2 Å². The summed E-state index contributed by atoms with van der Waals surface area (Å²) in [6.07, 6.45) is 1.12. The summed E-state index contributed by atoms with van der Waals surface area (Å²) in [5.74, 6) is 0. The molecular weight excluding hydrogens is 182 g/mol. The summed E-state index contributed by atoms with van der Waals surface area (Å²) in [5.41, 5.74) is -0.530. The van der Waals surface area contributed by atoms with Crippen LogP contribution in [0.5, 0.6) is 0 Å². The van der Waals surface area contributed by atoms with Crippen molar-refractivity contribution in [1.29, 1.82) is 5.26 Å². The first-order chi connectivity index (χ1) is 6.68. The number of ether oxygens (including phenoxy) is 2. The van der Waals surface area contributed by atoms with Gasteiger partial charge in [0.1, 0.15) is 6.79 Å². The largest absolute Gasteiger partial charge is 0.393 e. The summed E-state index contributed by atoms with van der Waals surface area (Å²) < 4.78 is 10.2. The Morgan fingerprint density at radius 2 is 2.36 bits per heavy atom. The van der Waals surface area contributed by atoms with E-state index in [1.165, 1.54) is 0 Å². The fourth-order valence-electron chi connectivity index (χ4n) is 2.05. The molecule has 1 fully saturated rings. The van der Waals surface area contributed by atoms with E-state index in [2.05, 4.69) is 6.07 Å². The number of aliphatic hydroxyl groups excluding tert-OH is 1. The number of methoxy groups -OCH3 is 1. The van der Waals surface area contributed by atoms with E-state index in [0.29, 0.717) is 19.3 Å².